The first-order valence-electron chi connectivity index (χ1n) is 4.20. The first-order valence-corrected chi connectivity index (χ1v) is 5.12. The van der Waals surface area contributed by atoms with Crippen molar-refractivity contribution in [3.05, 3.63) is 0 Å². The van der Waals surface area contributed by atoms with Gasteiger partial charge in [0.15, 0.2) is 18.9 Å². The van der Waals surface area contributed by atoms with Crippen LogP contribution in [0.25, 0.3) is 0 Å². The smallest absolute Gasteiger partial charge is 0.161 e. The lowest BCUT2D eigenvalue weighted by atomic mass is 10.6. The molecule has 80 valence electrons. The van der Waals surface area contributed by atoms with Crippen LogP contribution in [0.5, 0.6) is 0 Å². The predicted octanol–water partition coefficient (Wildman–Crippen LogP) is 1.81. The fourth-order valence-corrected chi connectivity index (χ4v) is 1.18. The second-order valence-electron chi connectivity index (χ2n) is 2.69. The van der Waals surface area contributed by atoms with E-state index in [1.54, 1.807) is 13.8 Å². The summed E-state index contributed by atoms with van der Waals surface area (Å²) in [6.45, 7) is 6.84. The third-order valence-electron chi connectivity index (χ3n) is 1.15. The van der Waals surface area contributed by atoms with Gasteiger partial charge in [-0.3, -0.25) is 0 Å². The highest BCUT2D eigenvalue weighted by molar-refractivity contribution is 9.09. The molecule has 0 amide bonds. The summed E-state index contributed by atoms with van der Waals surface area (Å²) in [5, 5.41) is 8.80. The lowest BCUT2D eigenvalue weighted by molar-refractivity contribution is -0.271. The third kappa shape index (κ3) is 8.64. The highest BCUT2D eigenvalue weighted by Gasteiger charge is 2.12. The summed E-state index contributed by atoms with van der Waals surface area (Å²) in [6, 6.07) is 0. The minimum atomic E-state index is -0.830. The normalized spacial score (nSPS) is 20.8. The van der Waals surface area contributed by atoms with Crippen LogP contribution in [-0.4, -0.2) is 29.0 Å². The molecule has 0 saturated heterocycles. The minimum absolute atomic E-state index is 0.0683. The zero-order valence-electron chi connectivity index (χ0n) is 8.36. The lowest BCUT2D eigenvalue weighted by Gasteiger charge is -2.21. The number of aliphatic hydroxyl groups is 1. The Morgan fingerprint density at radius 3 is 1.77 bits per heavy atom. The summed E-state index contributed by atoms with van der Waals surface area (Å²) >= 11 is 3.22. The first-order chi connectivity index (χ1) is 5.91. The second kappa shape index (κ2) is 6.73. The Labute approximate surface area is 87.3 Å². The number of hydrogen-bond acceptors (Lipinski definition) is 4. The maximum Gasteiger partial charge on any atom is 0.161 e. The van der Waals surface area contributed by atoms with E-state index in [1.807, 2.05) is 6.92 Å². The van der Waals surface area contributed by atoms with Gasteiger partial charge < -0.3 is 19.3 Å². The molecule has 0 spiro atoms. The van der Waals surface area contributed by atoms with Crippen molar-refractivity contribution < 1.29 is 19.3 Å². The summed E-state index contributed by atoms with van der Waals surface area (Å²) < 4.78 is 15.4. The number of rotatable bonds is 6. The molecule has 5 heteroatoms. The van der Waals surface area contributed by atoms with Gasteiger partial charge in [0.1, 0.15) is 5.01 Å². The fraction of sp³-hybridized carbons (Fsp3) is 1.00. The van der Waals surface area contributed by atoms with Crippen LogP contribution in [0, 0.1) is 0 Å². The zero-order valence-corrected chi connectivity index (χ0v) is 9.95. The maximum atomic E-state index is 8.87. The number of alkyl halides is 1. The summed E-state index contributed by atoms with van der Waals surface area (Å²) in [5.41, 5.74) is 0. The Morgan fingerprint density at radius 1 is 0.923 bits per heavy atom. The van der Waals surface area contributed by atoms with E-state index in [-0.39, 0.29) is 11.3 Å². The van der Waals surface area contributed by atoms with Crippen molar-refractivity contribution >= 4 is 15.9 Å². The molecule has 0 saturated carbocycles. The van der Waals surface area contributed by atoms with Crippen molar-refractivity contribution in [3.8, 4) is 0 Å². The lowest BCUT2D eigenvalue weighted by Crippen LogP contribution is -2.26. The molecule has 0 radical (unpaired) electrons. The molecule has 0 aromatic carbocycles. The van der Waals surface area contributed by atoms with Gasteiger partial charge in [0.05, 0.1) is 0 Å². The number of ether oxygens (including phenoxy) is 3. The van der Waals surface area contributed by atoms with E-state index < -0.39 is 12.6 Å². The average Bonchev–Trinajstić information content (AvgIpc) is 1.80. The van der Waals surface area contributed by atoms with Crippen molar-refractivity contribution in [1.82, 2.24) is 0 Å². The Bertz CT molecular complexity index is 115. The molecule has 0 aliphatic rings. The SMILES string of the molecule is CC(O)OC(C)OC(C)OC(C)Br. The Balaban J connectivity index is 3.58. The first kappa shape index (κ1) is 13.3. The van der Waals surface area contributed by atoms with Crippen molar-refractivity contribution in [1.29, 1.82) is 0 Å². The van der Waals surface area contributed by atoms with Crippen LogP contribution >= 0.6 is 15.9 Å². The van der Waals surface area contributed by atoms with Crippen LogP contribution in [0.4, 0.5) is 0 Å². The molecule has 13 heavy (non-hydrogen) atoms. The van der Waals surface area contributed by atoms with Crippen LogP contribution in [-0.2, 0) is 14.2 Å². The predicted molar refractivity (Wildman–Crippen MR) is 52.2 cm³/mol. The molecule has 0 bridgehead atoms. The van der Waals surface area contributed by atoms with Crippen LogP contribution < -0.4 is 0 Å². The third-order valence-corrected chi connectivity index (χ3v) is 1.37. The molecule has 4 atom stereocenters. The highest BCUT2D eigenvalue weighted by atomic mass is 79.9. The standard InChI is InChI=1S/C8H17BrO4/c1-5(9)11-7(3)13-8(4)12-6(2)10/h5-8,10H,1-4H3. The summed E-state index contributed by atoms with van der Waals surface area (Å²) in [4.78, 5) is 0. The molecule has 0 aliphatic heterocycles. The zero-order chi connectivity index (χ0) is 10.4. The van der Waals surface area contributed by atoms with Gasteiger partial charge in [-0.25, -0.2) is 0 Å². The molecule has 4 unspecified atom stereocenters. The van der Waals surface area contributed by atoms with Gasteiger partial charge in [0.25, 0.3) is 0 Å². The van der Waals surface area contributed by atoms with Gasteiger partial charge in [0.2, 0.25) is 0 Å². The molecule has 0 heterocycles. The Hall–Kier alpha value is 0.320. The molecular weight excluding hydrogens is 240 g/mol. The van der Waals surface area contributed by atoms with E-state index in [0.717, 1.165) is 0 Å². The van der Waals surface area contributed by atoms with Crippen molar-refractivity contribution in [3.63, 3.8) is 0 Å². The van der Waals surface area contributed by atoms with Crippen LogP contribution in [0.1, 0.15) is 27.7 Å². The van der Waals surface area contributed by atoms with E-state index in [9.17, 15) is 0 Å². The largest absolute Gasteiger partial charge is 0.368 e. The van der Waals surface area contributed by atoms with E-state index in [1.165, 1.54) is 6.92 Å². The molecule has 0 rings (SSSR count). The number of halogens is 1. The Kier molecular flexibility index (Phi) is 6.89. The van der Waals surface area contributed by atoms with Gasteiger partial charge in [-0.1, -0.05) is 15.9 Å². The van der Waals surface area contributed by atoms with Crippen LogP contribution in [0.3, 0.4) is 0 Å². The van der Waals surface area contributed by atoms with E-state index in [0.29, 0.717) is 0 Å². The highest BCUT2D eigenvalue weighted by Crippen LogP contribution is 2.08. The Morgan fingerprint density at radius 2 is 1.38 bits per heavy atom. The van der Waals surface area contributed by atoms with Gasteiger partial charge in [-0.2, -0.15) is 0 Å². The number of aliphatic hydroxyl groups excluding tert-OH is 1. The summed E-state index contributed by atoms with van der Waals surface area (Å²) in [7, 11) is 0. The summed E-state index contributed by atoms with van der Waals surface area (Å²) in [6.07, 6.45) is -1.69. The fourth-order valence-electron chi connectivity index (χ4n) is 0.875. The van der Waals surface area contributed by atoms with Gasteiger partial charge >= 0.3 is 0 Å². The van der Waals surface area contributed by atoms with Crippen molar-refractivity contribution in [2.45, 2.75) is 51.6 Å². The quantitative estimate of drug-likeness (QED) is 0.582. The van der Waals surface area contributed by atoms with E-state index >= 15 is 0 Å². The minimum Gasteiger partial charge on any atom is -0.368 e. The average molecular weight is 257 g/mol. The van der Waals surface area contributed by atoms with E-state index in [2.05, 4.69) is 15.9 Å². The molecular formula is C8H17BrO4. The molecule has 0 fully saturated rings. The van der Waals surface area contributed by atoms with Crippen molar-refractivity contribution in [2.75, 3.05) is 0 Å². The van der Waals surface area contributed by atoms with Crippen LogP contribution in [0.2, 0.25) is 0 Å². The van der Waals surface area contributed by atoms with Gasteiger partial charge in [-0.15, -0.1) is 0 Å². The topological polar surface area (TPSA) is 47.9 Å². The van der Waals surface area contributed by atoms with E-state index in [4.69, 9.17) is 19.3 Å². The molecule has 0 aromatic heterocycles. The van der Waals surface area contributed by atoms with Gasteiger partial charge in [-0.05, 0) is 27.7 Å². The monoisotopic (exact) mass is 256 g/mol. The van der Waals surface area contributed by atoms with Gasteiger partial charge in [0, 0.05) is 0 Å². The maximum absolute atomic E-state index is 8.87. The number of hydrogen-bond donors (Lipinski definition) is 1. The summed E-state index contributed by atoms with van der Waals surface area (Å²) in [5.74, 6) is 0. The molecule has 0 aliphatic carbocycles. The van der Waals surface area contributed by atoms with Crippen LogP contribution in [0.15, 0.2) is 0 Å². The van der Waals surface area contributed by atoms with Crippen molar-refractivity contribution in [2.24, 2.45) is 0 Å². The molecule has 0 aromatic rings. The molecule has 1 N–H and O–H groups in total. The second-order valence-corrected chi connectivity index (χ2v) is 3.98. The molecule has 4 nitrogen and oxygen atoms in total.